The standard InChI is InChI=1S/C48H88NO9P/c1-3-5-7-9-11-13-15-17-19-20-21-22-23-24-25-27-29-31-33-35-37-39-41-55-42-45(43-56-59(53,54)57-44-46(49)48(51)52)58-47(50)40-38-36-34-32-30-28-26-18-16-14-12-10-8-6-4-2/h6,8,12,14,18,26,30,32,45-46H,3-5,7,9-11,13,15-17,19-25,27-29,31,33-44,49H2,1-2H3,(H,51,52)(H,53,54)/b8-6-,14-12-,26-18-,32-30-. The number of ether oxygens (including phenoxy) is 2. The maximum Gasteiger partial charge on any atom is 0.472 e. The molecule has 0 amide bonds. The van der Waals surface area contributed by atoms with Gasteiger partial charge in [-0.25, -0.2) is 4.57 Å². The highest BCUT2D eigenvalue weighted by Crippen LogP contribution is 2.43. The highest BCUT2D eigenvalue weighted by atomic mass is 31.2. The van der Waals surface area contributed by atoms with Crippen LogP contribution >= 0.6 is 7.82 Å². The fraction of sp³-hybridized carbons (Fsp3) is 0.792. The van der Waals surface area contributed by atoms with Gasteiger partial charge in [0, 0.05) is 13.0 Å². The number of esters is 1. The van der Waals surface area contributed by atoms with Crippen LogP contribution in [0.5, 0.6) is 0 Å². The van der Waals surface area contributed by atoms with Gasteiger partial charge < -0.3 is 25.2 Å². The summed E-state index contributed by atoms with van der Waals surface area (Å²) in [6, 6.07) is -1.48. The lowest BCUT2D eigenvalue weighted by atomic mass is 10.0. The molecule has 0 aliphatic heterocycles. The van der Waals surface area contributed by atoms with E-state index in [2.05, 4.69) is 62.5 Å². The van der Waals surface area contributed by atoms with Crippen LogP contribution in [0.2, 0.25) is 0 Å². The van der Waals surface area contributed by atoms with Crippen LogP contribution in [0, 0.1) is 0 Å². The lowest BCUT2D eigenvalue weighted by molar-refractivity contribution is -0.154. The SMILES string of the molecule is CC/C=C\C/C=C\C/C=C\C/C=C\CCCCC(=O)OC(COCCCCCCCCCCCCCCCCCCCCCCCC)COP(=O)(O)OCC(N)C(=O)O. The molecule has 3 unspecified atom stereocenters. The van der Waals surface area contributed by atoms with Crippen molar-refractivity contribution < 1.29 is 42.7 Å². The summed E-state index contributed by atoms with van der Waals surface area (Å²) >= 11 is 0. The summed E-state index contributed by atoms with van der Waals surface area (Å²) < 4.78 is 33.4. The van der Waals surface area contributed by atoms with Crippen molar-refractivity contribution in [3.63, 3.8) is 0 Å². The average molecular weight is 854 g/mol. The van der Waals surface area contributed by atoms with E-state index in [-0.39, 0.29) is 13.0 Å². The summed E-state index contributed by atoms with van der Waals surface area (Å²) in [5.74, 6) is -1.82. The Labute approximate surface area is 360 Å². The highest BCUT2D eigenvalue weighted by Gasteiger charge is 2.27. The number of aliphatic carboxylic acids is 1. The molecule has 0 bridgehead atoms. The van der Waals surface area contributed by atoms with Gasteiger partial charge in [0.15, 0.2) is 0 Å². The minimum atomic E-state index is -4.63. The van der Waals surface area contributed by atoms with Crippen LogP contribution in [-0.4, -0.2) is 60.5 Å². The van der Waals surface area contributed by atoms with E-state index in [1.807, 2.05) is 0 Å². The van der Waals surface area contributed by atoms with Crippen molar-refractivity contribution in [2.24, 2.45) is 5.73 Å². The molecular formula is C48H88NO9P. The quantitative estimate of drug-likeness (QED) is 0.0233. The van der Waals surface area contributed by atoms with Crippen molar-refractivity contribution in [3.8, 4) is 0 Å². The number of allylic oxidation sites excluding steroid dienone is 8. The molecule has 0 aliphatic rings. The van der Waals surface area contributed by atoms with Gasteiger partial charge in [-0.05, 0) is 51.4 Å². The van der Waals surface area contributed by atoms with Gasteiger partial charge >= 0.3 is 19.8 Å². The van der Waals surface area contributed by atoms with Gasteiger partial charge in [-0.2, -0.15) is 0 Å². The molecule has 0 aromatic rings. The smallest absolute Gasteiger partial charge is 0.472 e. The van der Waals surface area contributed by atoms with Crippen molar-refractivity contribution in [1.82, 2.24) is 0 Å². The molecule has 11 heteroatoms. The summed E-state index contributed by atoms with van der Waals surface area (Å²) in [6.07, 6.45) is 51.8. The second kappa shape index (κ2) is 44.0. The number of carboxylic acids is 1. The molecule has 10 nitrogen and oxygen atoms in total. The van der Waals surface area contributed by atoms with Crippen LogP contribution < -0.4 is 5.73 Å². The van der Waals surface area contributed by atoms with E-state index in [9.17, 15) is 19.0 Å². The van der Waals surface area contributed by atoms with Gasteiger partial charge in [0.2, 0.25) is 0 Å². The minimum Gasteiger partial charge on any atom is -0.480 e. The third kappa shape index (κ3) is 43.8. The van der Waals surface area contributed by atoms with Crippen LogP contribution in [-0.2, 0) is 32.7 Å². The van der Waals surface area contributed by atoms with Crippen molar-refractivity contribution in [3.05, 3.63) is 48.6 Å². The van der Waals surface area contributed by atoms with Crippen LogP contribution in [0.4, 0.5) is 0 Å². The predicted octanol–water partition coefficient (Wildman–Crippen LogP) is 13.4. The maximum atomic E-state index is 12.6. The van der Waals surface area contributed by atoms with Gasteiger partial charge in [-0.3, -0.25) is 18.6 Å². The predicted molar refractivity (Wildman–Crippen MR) is 244 cm³/mol. The minimum absolute atomic E-state index is 0.00157. The molecule has 4 N–H and O–H groups in total. The van der Waals surface area contributed by atoms with Gasteiger partial charge in [-0.1, -0.05) is 197 Å². The monoisotopic (exact) mass is 854 g/mol. The van der Waals surface area contributed by atoms with Crippen LogP contribution in [0.15, 0.2) is 48.6 Å². The number of hydrogen-bond acceptors (Lipinski definition) is 8. The maximum absolute atomic E-state index is 12.6. The first kappa shape index (κ1) is 56.9. The van der Waals surface area contributed by atoms with E-state index in [4.69, 9.17) is 29.4 Å². The van der Waals surface area contributed by atoms with Gasteiger partial charge in [0.05, 0.1) is 19.8 Å². The zero-order valence-corrected chi connectivity index (χ0v) is 38.5. The summed E-state index contributed by atoms with van der Waals surface area (Å²) in [5.41, 5.74) is 5.36. The van der Waals surface area contributed by atoms with E-state index in [1.54, 1.807) is 0 Å². The van der Waals surface area contributed by atoms with E-state index in [1.165, 1.54) is 122 Å². The van der Waals surface area contributed by atoms with E-state index in [0.29, 0.717) is 13.0 Å². The molecule has 0 aliphatic carbocycles. The first-order chi connectivity index (χ1) is 28.7. The number of carbonyl (C=O) groups is 2. The highest BCUT2D eigenvalue weighted by molar-refractivity contribution is 7.47. The summed E-state index contributed by atoms with van der Waals surface area (Å²) in [5, 5.41) is 8.91. The number of unbranched alkanes of at least 4 members (excludes halogenated alkanes) is 23. The lowest BCUT2D eigenvalue weighted by Crippen LogP contribution is -2.34. The summed E-state index contributed by atoms with van der Waals surface area (Å²) in [4.78, 5) is 33.6. The Kier molecular flexibility index (Phi) is 42.5. The van der Waals surface area contributed by atoms with E-state index in [0.717, 1.165) is 57.8 Å². The molecule has 0 spiro atoms. The molecule has 0 rings (SSSR count). The van der Waals surface area contributed by atoms with Crippen LogP contribution in [0.3, 0.4) is 0 Å². The molecule has 0 saturated heterocycles. The van der Waals surface area contributed by atoms with E-state index >= 15 is 0 Å². The largest absolute Gasteiger partial charge is 0.480 e. The van der Waals surface area contributed by atoms with Crippen molar-refractivity contribution in [1.29, 1.82) is 0 Å². The third-order valence-corrected chi connectivity index (χ3v) is 11.1. The Morgan fingerprint density at radius 3 is 1.44 bits per heavy atom. The fourth-order valence-electron chi connectivity index (χ4n) is 6.48. The van der Waals surface area contributed by atoms with Crippen LogP contribution in [0.1, 0.15) is 206 Å². The Balaban J connectivity index is 4.17. The Morgan fingerprint density at radius 2 is 0.983 bits per heavy atom. The second-order valence-corrected chi connectivity index (χ2v) is 17.3. The molecule has 0 radical (unpaired) electrons. The zero-order valence-electron chi connectivity index (χ0n) is 37.6. The average Bonchev–Trinajstić information content (AvgIpc) is 3.21. The van der Waals surface area contributed by atoms with Crippen molar-refractivity contribution >= 4 is 19.8 Å². The second-order valence-electron chi connectivity index (χ2n) is 15.9. The number of rotatable bonds is 45. The third-order valence-electron chi connectivity index (χ3n) is 10.1. The van der Waals surface area contributed by atoms with Gasteiger partial charge in [0.1, 0.15) is 12.1 Å². The van der Waals surface area contributed by atoms with Gasteiger partial charge in [-0.15, -0.1) is 0 Å². The molecule has 344 valence electrons. The molecule has 0 aromatic carbocycles. The zero-order chi connectivity index (χ0) is 43.3. The first-order valence-electron chi connectivity index (χ1n) is 23.7. The topological polar surface area (TPSA) is 155 Å². The Hall–Kier alpha value is -2.07. The van der Waals surface area contributed by atoms with Crippen molar-refractivity contribution in [2.45, 2.75) is 219 Å². The molecule has 0 saturated carbocycles. The number of carboxylic acid groups (broad SMARTS) is 1. The number of carbonyl (C=O) groups excluding carboxylic acids is 1. The lowest BCUT2D eigenvalue weighted by Gasteiger charge is -2.20. The molecule has 3 atom stereocenters. The first-order valence-corrected chi connectivity index (χ1v) is 25.2. The van der Waals surface area contributed by atoms with Crippen molar-refractivity contribution in [2.75, 3.05) is 26.4 Å². The summed E-state index contributed by atoms with van der Waals surface area (Å²) in [7, 11) is -4.63. The summed E-state index contributed by atoms with van der Waals surface area (Å²) in [6.45, 7) is 3.74. The molecule has 0 aromatic heterocycles. The fourth-order valence-corrected chi connectivity index (χ4v) is 7.26. The Bertz CT molecular complexity index is 1130. The number of phosphoric ester groups is 1. The van der Waals surface area contributed by atoms with Crippen LogP contribution in [0.25, 0.3) is 0 Å². The number of hydrogen-bond donors (Lipinski definition) is 3. The molecule has 0 fully saturated rings. The number of phosphoric acid groups is 1. The van der Waals surface area contributed by atoms with E-state index < -0.39 is 45.1 Å². The van der Waals surface area contributed by atoms with Gasteiger partial charge in [0.25, 0.3) is 0 Å². The Morgan fingerprint density at radius 1 is 0.559 bits per heavy atom. The molecule has 0 heterocycles. The molecular weight excluding hydrogens is 766 g/mol. The molecule has 59 heavy (non-hydrogen) atoms. The normalized spacial score (nSPS) is 14.2. The number of nitrogens with two attached hydrogens (primary N) is 1.